The number of sulfonamides is 1. The van der Waals surface area contributed by atoms with E-state index in [4.69, 9.17) is 0 Å². The van der Waals surface area contributed by atoms with Crippen LogP contribution in [0.4, 0.5) is 11.4 Å². The van der Waals surface area contributed by atoms with Crippen molar-refractivity contribution in [2.75, 3.05) is 31.1 Å². The van der Waals surface area contributed by atoms with Crippen LogP contribution in [0.5, 0.6) is 0 Å². The zero-order chi connectivity index (χ0) is 19.1. The Balaban J connectivity index is 1.74. The van der Waals surface area contributed by atoms with Gasteiger partial charge >= 0.3 is 0 Å². The second kappa shape index (κ2) is 6.69. The van der Waals surface area contributed by atoms with Crippen LogP contribution in [0.15, 0.2) is 29.2 Å². The van der Waals surface area contributed by atoms with E-state index in [-0.39, 0.29) is 10.6 Å². The number of nitro benzene ring substituents is 1. The van der Waals surface area contributed by atoms with E-state index in [0.29, 0.717) is 37.6 Å². The van der Waals surface area contributed by atoms with Crippen molar-refractivity contribution in [2.24, 2.45) is 7.05 Å². The summed E-state index contributed by atoms with van der Waals surface area (Å²) in [6.45, 7) is 5.21. The summed E-state index contributed by atoms with van der Waals surface area (Å²) in [7, 11) is -1.86. The lowest BCUT2D eigenvalue weighted by Crippen LogP contribution is -2.48. The number of nitro groups is 1. The maximum Gasteiger partial charge on any atom is 0.269 e. The van der Waals surface area contributed by atoms with Gasteiger partial charge in [-0.05, 0) is 26.0 Å². The molecule has 1 aliphatic rings. The predicted octanol–water partition coefficient (Wildman–Crippen LogP) is 1.46. The van der Waals surface area contributed by atoms with Gasteiger partial charge < -0.3 is 4.90 Å². The van der Waals surface area contributed by atoms with Gasteiger partial charge in [-0.15, -0.1) is 0 Å². The average Bonchev–Trinajstić information content (AvgIpc) is 2.87. The molecule has 10 heteroatoms. The molecular weight excluding hydrogens is 358 g/mol. The number of piperazine rings is 1. The van der Waals surface area contributed by atoms with Crippen LogP contribution in [0.3, 0.4) is 0 Å². The Morgan fingerprint density at radius 3 is 2.12 bits per heavy atom. The molecule has 2 heterocycles. The summed E-state index contributed by atoms with van der Waals surface area (Å²) in [5.41, 5.74) is 2.02. The average molecular weight is 379 g/mol. The summed E-state index contributed by atoms with van der Waals surface area (Å²) in [4.78, 5) is 12.6. The highest BCUT2D eigenvalue weighted by atomic mass is 32.2. The molecule has 26 heavy (non-hydrogen) atoms. The van der Waals surface area contributed by atoms with Crippen LogP contribution in [0, 0.1) is 24.0 Å². The molecule has 1 aromatic carbocycles. The molecule has 0 spiro atoms. The van der Waals surface area contributed by atoms with Crippen LogP contribution in [-0.2, 0) is 17.1 Å². The Hall–Kier alpha value is -2.46. The molecular formula is C16H21N5O4S. The molecule has 9 nitrogen and oxygen atoms in total. The summed E-state index contributed by atoms with van der Waals surface area (Å²) in [6.07, 6.45) is 0. The minimum atomic E-state index is -3.59. The van der Waals surface area contributed by atoms with E-state index in [9.17, 15) is 18.5 Å². The fraction of sp³-hybridized carbons (Fsp3) is 0.438. The molecule has 1 aromatic heterocycles. The molecule has 0 radical (unpaired) electrons. The normalized spacial score (nSPS) is 16.0. The zero-order valence-electron chi connectivity index (χ0n) is 14.9. The van der Waals surface area contributed by atoms with Gasteiger partial charge in [0, 0.05) is 51.0 Å². The third-order valence-electron chi connectivity index (χ3n) is 4.70. The molecule has 1 fully saturated rings. The van der Waals surface area contributed by atoms with Crippen LogP contribution in [0.1, 0.15) is 11.4 Å². The molecule has 140 valence electrons. The fourth-order valence-corrected chi connectivity index (χ4v) is 5.05. The zero-order valence-corrected chi connectivity index (χ0v) is 15.7. The van der Waals surface area contributed by atoms with Crippen LogP contribution < -0.4 is 4.90 Å². The van der Waals surface area contributed by atoms with Crippen molar-refractivity contribution in [3.8, 4) is 0 Å². The fourth-order valence-electron chi connectivity index (χ4n) is 3.23. The SMILES string of the molecule is Cc1nn(C)c(C)c1S(=O)(=O)N1CCN(c2ccc([N+](=O)[O-])cc2)CC1. The number of aryl methyl sites for hydroxylation is 2. The first kappa shape index (κ1) is 18.3. The molecule has 0 N–H and O–H groups in total. The number of non-ortho nitro benzene ring substituents is 1. The minimum Gasteiger partial charge on any atom is -0.369 e. The van der Waals surface area contributed by atoms with Gasteiger partial charge in [0.1, 0.15) is 4.90 Å². The molecule has 0 amide bonds. The standard InChI is InChI=1S/C16H21N5O4S/c1-12-16(13(2)18(3)17-12)26(24,25)20-10-8-19(9-11-20)14-4-6-15(7-5-14)21(22)23/h4-7H,8-11H2,1-3H3. The highest BCUT2D eigenvalue weighted by molar-refractivity contribution is 7.89. The molecule has 1 aliphatic heterocycles. The number of hydrogen-bond donors (Lipinski definition) is 0. The van der Waals surface area contributed by atoms with Crippen LogP contribution in [0.25, 0.3) is 0 Å². The summed E-state index contributed by atoms with van der Waals surface area (Å²) >= 11 is 0. The summed E-state index contributed by atoms with van der Waals surface area (Å²) in [6, 6.07) is 6.30. The smallest absolute Gasteiger partial charge is 0.269 e. The van der Waals surface area contributed by atoms with Gasteiger partial charge in [-0.3, -0.25) is 14.8 Å². The first-order valence-corrected chi connectivity index (χ1v) is 9.65. The number of rotatable bonds is 4. The second-order valence-corrected chi connectivity index (χ2v) is 8.16. The Kier molecular flexibility index (Phi) is 4.72. The maximum atomic E-state index is 13.0. The van der Waals surface area contributed by atoms with E-state index in [0.717, 1.165) is 5.69 Å². The highest BCUT2D eigenvalue weighted by Gasteiger charge is 2.33. The van der Waals surface area contributed by atoms with Gasteiger partial charge in [0.05, 0.1) is 16.3 Å². The third-order valence-corrected chi connectivity index (χ3v) is 6.86. The van der Waals surface area contributed by atoms with E-state index in [2.05, 4.69) is 5.10 Å². The first-order chi connectivity index (χ1) is 12.2. The minimum absolute atomic E-state index is 0.0393. The van der Waals surface area contributed by atoms with Crippen LogP contribution in [-0.4, -0.2) is 53.6 Å². The van der Waals surface area contributed by atoms with Gasteiger partial charge in [-0.1, -0.05) is 0 Å². The van der Waals surface area contributed by atoms with E-state index in [1.165, 1.54) is 16.4 Å². The Morgan fingerprint density at radius 1 is 1.08 bits per heavy atom. The van der Waals surface area contributed by atoms with E-state index in [1.54, 1.807) is 37.7 Å². The predicted molar refractivity (Wildman–Crippen MR) is 96.8 cm³/mol. The molecule has 0 atom stereocenters. The topological polar surface area (TPSA) is 102 Å². The van der Waals surface area contributed by atoms with Crippen molar-refractivity contribution >= 4 is 21.4 Å². The van der Waals surface area contributed by atoms with Gasteiger partial charge in [-0.25, -0.2) is 8.42 Å². The second-order valence-electron chi connectivity index (χ2n) is 6.29. The molecule has 1 saturated heterocycles. The number of benzene rings is 1. The van der Waals surface area contributed by atoms with Crippen molar-refractivity contribution in [3.63, 3.8) is 0 Å². The monoisotopic (exact) mass is 379 g/mol. The van der Waals surface area contributed by atoms with Crippen molar-refractivity contribution in [2.45, 2.75) is 18.7 Å². The Morgan fingerprint density at radius 2 is 1.65 bits per heavy atom. The lowest BCUT2D eigenvalue weighted by molar-refractivity contribution is -0.384. The van der Waals surface area contributed by atoms with Crippen LogP contribution >= 0.6 is 0 Å². The lowest BCUT2D eigenvalue weighted by Gasteiger charge is -2.35. The van der Waals surface area contributed by atoms with E-state index in [1.807, 2.05) is 4.90 Å². The third kappa shape index (κ3) is 3.17. The lowest BCUT2D eigenvalue weighted by atomic mass is 10.2. The quantitative estimate of drug-likeness (QED) is 0.589. The molecule has 0 saturated carbocycles. The van der Waals surface area contributed by atoms with E-state index >= 15 is 0 Å². The van der Waals surface area contributed by atoms with Crippen molar-refractivity contribution in [3.05, 3.63) is 45.8 Å². The number of anilines is 1. The Labute approximate surface area is 152 Å². The van der Waals surface area contributed by atoms with Crippen LogP contribution in [0.2, 0.25) is 0 Å². The number of hydrogen-bond acceptors (Lipinski definition) is 6. The maximum absolute atomic E-state index is 13.0. The summed E-state index contributed by atoms with van der Waals surface area (Å²) in [5.74, 6) is 0. The molecule has 3 rings (SSSR count). The molecule has 0 aliphatic carbocycles. The molecule has 0 bridgehead atoms. The number of aromatic nitrogens is 2. The summed E-state index contributed by atoms with van der Waals surface area (Å²) < 4.78 is 29.0. The van der Waals surface area contributed by atoms with Crippen molar-refractivity contribution < 1.29 is 13.3 Å². The van der Waals surface area contributed by atoms with Gasteiger partial charge in [0.15, 0.2) is 0 Å². The highest BCUT2D eigenvalue weighted by Crippen LogP contribution is 2.26. The van der Waals surface area contributed by atoms with Crippen molar-refractivity contribution in [1.82, 2.24) is 14.1 Å². The molecule has 2 aromatic rings. The largest absolute Gasteiger partial charge is 0.369 e. The van der Waals surface area contributed by atoms with Gasteiger partial charge in [0.2, 0.25) is 10.0 Å². The van der Waals surface area contributed by atoms with Gasteiger partial charge in [0.25, 0.3) is 5.69 Å². The molecule has 0 unspecified atom stereocenters. The van der Waals surface area contributed by atoms with Gasteiger partial charge in [-0.2, -0.15) is 9.40 Å². The van der Waals surface area contributed by atoms with E-state index < -0.39 is 14.9 Å². The summed E-state index contributed by atoms with van der Waals surface area (Å²) in [5, 5.41) is 14.9. The van der Waals surface area contributed by atoms with Crippen molar-refractivity contribution in [1.29, 1.82) is 0 Å². The number of nitrogens with zero attached hydrogens (tertiary/aromatic N) is 5. The first-order valence-electron chi connectivity index (χ1n) is 8.21. The Bertz CT molecular complexity index is 928.